The summed E-state index contributed by atoms with van der Waals surface area (Å²) in [4.78, 5) is 81.2. The van der Waals surface area contributed by atoms with Crippen molar-refractivity contribution >= 4 is 74.8 Å². The number of halogens is 3. The van der Waals surface area contributed by atoms with Gasteiger partial charge in [-0.2, -0.15) is 0 Å². The molecule has 0 radical (unpaired) electrons. The van der Waals surface area contributed by atoms with E-state index in [-0.39, 0.29) is 22.3 Å². The highest BCUT2D eigenvalue weighted by atomic mass is 79.9. The molecule has 60 heavy (non-hydrogen) atoms. The monoisotopic (exact) mass is 933 g/mol. The Morgan fingerprint density at radius 1 is 0.667 bits per heavy atom. The molecular weight excluding hydrogens is 897 g/mol. The average molecular weight is 936 g/mol. The fourth-order valence-electron chi connectivity index (χ4n) is 7.42. The van der Waals surface area contributed by atoms with Gasteiger partial charge in [0, 0.05) is 0 Å². The predicted molar refractivity (Wildman–Crippen MR) is 210 cm³/mol. The van der Waals surface area contributed by atoms with Gasteiger partial charge in [0.2, 0.25) is 0 Å². The van der Waals surface area contributed by atoms with Gasteiger partial charge in [0.25, 0.3) is 11.8 Å². The highest BCUT2D eigenvalue weighted by Gasteiger charge is 2.61. The van der Waals surface area contributed by atoms with Crippen molar-refractivity contribution in [1.82, 2.24) is 4.90 Å². The van der Waals surface area contributed by atoms with E-state index in [1.807, 2.05) is 0 Å². The largest absolute Gasteiger partial charge is 0.459 e. The highest BCUT2D eigenvalue weighted by Crippen LogP contribution is 2.42. The van der Waals surface area contributed by atoms with Gasteiger partial charge in [0.1, 0.15) is 66.5 Å². The summed E-state index contributed by atoms with van der Waals surface area (Å²) in [5.41, 5.74) is 0.642. The van der Waals surface area contributed by atoms with Crippen molar-refractivity contribution in [2.45, 2.75) is 79.7 Å². The second-order valence-corrected chi connectivity index (χ2v) is 15.8. The maximum absolute atomic E-state index is 14.0. The van der Waals surface area contributed by atoms with E-state index in [0.29, 0.717) is 0 Å². The van der Waals surface area contributed by atoms with Crippen LogP contribution in [0.2, 0.25) is 0 Å². The Kier molecular flexibility index (Phi) is 13.6. The van der Waals surface area contributed by atoms with Crippen LogP contribution in [0, 0.1) is 0 Å². The fourth-order valence-corrected chi connectivity index (χ4v) is 8.36. The molecule has 0 N–H and O–H groups in total. The molecular formula is C41H38BrCl2NO15. The Bertz CT molecular complexity index is 2060. The standard InChI is InChI=1S/C41H38BrCl2NO15/c1-41(2)59-31-26(20-53-39(51)22-13-7-4-8-14-22)55-40(34(33(31)60-41)57-28(47)18-44)58-30-25(19-52-38(50)21-11-5-3-6-12-21)54-35(42)29(32(30)56-27(46)17-43)45-36(48)23-15-9-10-16-24(23)37(45)49/h3-16,25-26,29-35,40H,17-20H2,1-2H3. The highest BCUT2D eigenvalue weighted by molar-refractivity contribution is 9.09. The Hall–Kier alpha value is -4.46. The minimum Gasteiger partial charge on any atom is -0.459 e. The minimum absolute atomic E-state index is 0.0876. The van der Waals surface area contributed by atoms with Crippen molar-refractivity contribution in [3.05, 3.63) is 107 Å². The first-order valence-electron chi connectivity index (χ1n) is 18.7. The van der Waals surface area contributed by atoms with E-state index >= 15 is 0 Å². The predicted octanol–water partition coefficient (Wildman–Crippen LogP) is 4.42. The van der Waals surface area contributed by atoms with Crippen molar-refractivity contribution < 1.29 is 71.4 Å². The summed E-state index contributed by atoms with van der Waals surface area (Å²) in [6.45, 7) is 2.28. The lowest BCUT2D eigenvalue weighted by Gasteiger charge is -2.49. The molecule has 16 nitrogen and oxygen atoms in total. The number of carbonyl (C=O) groups is 6. The van der Waals surface area contributed by atoms with E-state index < -0.39 is 127 Å². The quantitative estimate of drug-likeness (QED) is 0.101. The number of nitrogens with zero attached hydrogens (tertiary/aromatic N) is 1. The first-order valence-corrected chi connectivity index (χ1v) is 20.7. The molecule has 0 spiro atoms. The Labute approximate surface area is 361 Å². The van der Waals surface area contributed by atoms with Gasteiger partial charge in [-0.05, 0) is 50.2 Å². The zero-order valence-electron chi connectivity index (χ0n) is 31.9. The SMILES string of the molecule is CC1(C)OC2C(COC(=O)c3ccccc3)OC(OC3C(COC(=O)c4ccccc4)OC(Br)C(N4C(=O)c5ccccc5C4=O)C3OC(=O)CCl)C(OC(=O)CCl)C2O1. The number of hydrogen-bond acceptors (Lipinski definition) is 15. The number of alkyl halides is 3. The molecule has 0 aromatic heterocycles. The maximum atomic E-state index is 14.0. The van der Waals surface area contributed by atoms with E-state index in [4.69, 9.17) is 65.8 Å². The molecule has 2 amide bonds. The Morgan fingerprint density at radius 3 is 1.68 bits per heavy atom. The van der Waals surface area contributed by atoms with Gasteiger partial charge >= 0.3 is 23.9 Å². The van der Waals surface area contributed by atoms with Crippen LogP contribution in [0.4, 0.5) is 0 Å². The number of fused-ring (bicyclic) bond motifs is 2. The van der Waals surface area contributed by atoms with Crippen LogP contribution in [-0.4, -0.2) is 131 Å². The molecule has 10 unspecified atom stereocenters. The summed E-state index contributed by atoms with van der Waals surface area (Å²) < 4.78 is 54.9. The molecule has 318 valence electrons. The molecule has 7 rings (SSSR count). The number of hydrogen-bond donors (Lipinski definition) is 0. The summed E-state index contributed by atoms with van der Waals surface area (Å²) in [7, 11) is 0. The first kappa shape index (κ1) is 43.6. The molecule has 19 heteroatoms. The van der Waals surface area contributed by atoms with Crippen molar-refractivity contribution in [2.24, 2.45) is 0 Å². The Balaban J connectivity index is 1.27. The summed E-state index contributed by atoms with van der Waals surface area (Å²) in [5, 5.41) is -1.26. The molecule has 4 aliphatic heterocycles. The summed E-state index contributed by atoms with van der Waals surface area (Å²) >= 11 is 15.3. The number of carbonyl (C=O) groups excluding carboxylic acids is 6. The van der Waals surface area contributed by atoms with Gasteiger partial charge in [0.05, 0.1) is 22.3 Å². The van der Waals surface area contributed by atoms with E-state index in [1.165, 1.54) is 24.3 Å². The van der Waals surface area contributed by atoms with Crippen LogP contribution in [-0.2, 0) is 52.2 Å². The second-order valence-electron chi connectivity index (χ2n) is 14.4. The van der Waals surface area contributed by atoms with Crippen LogP contribution in [0.25, 0.3) is 0 Å². The van der Waals surface area contributed by atoms with Crippen molar-refractivity contribution in [1.29, 1.82) is 0 Å². The zero-order chi connectivity index (χ0) is 42.7. The number of amides is 2. The second kappa shape index (κ2) is 18.7. The lowest BCUT2D eigenvalue weighted by atomic mass is 9.95. The molecule has 3 aromatic carbocycles. The topological polar surface area (TPSA) is 189 Å². The van der Waals surface area contributed by atoms with Gasteiger partial charge in [-0.1, -0.05) is 64.5 Å². The molecule has 4 heterocycles. The van der Waals surface area contributed by atoms with Crippen molar-refractivity contribution in [3.8, 4) is 0 Å². The number of esters is 4. The smallest absolute Gasteiger partial charge is 0.338 e. The number of rotatable bonds is 13. The molecule has 3 saturated heterocycles. The van der Waals surface area contributed by atoms with Crippen LogP contribution in [0.5, 0.6) is 0 Å². The maximum Gasteiger partial charge on any atom is 0.338 e. The number of benzene rings is 3. The van der Waals surface area contributed by atoms with Gasteiger partial charge in [-0.25, -0.2) is 9.59 Å². The molecule has 0 aliphatic carbocycles. The summed E-state index contributed by atoms with van der Waals surface area (Å²) in [6.07, 6.45) is -11.0. The van der Waals surface area contributed by atoms with Gasteiger partial charge < -0.3 is 42.6 Å². The van der Waals surface area contributed by atoms with Crippen molar-refractivity contribution in [3.63, 3.8) is 0 Å². The minimum atomic E-state index is -1.68. The summed E-state index contributed by atoms with van der Waals surface area (Å²) in [5.74, 6) is -7.27. The third-order valence-corrected chi connectivity index (χ3v) is 11.2. The van der Waals surface area contributed by atoms with Gasteiger partial charge in [-0.3, -0.25) is 24.1 Å². The summed E-state index contributed by atoms with van der Waals surface area (Å²) in [6, 6.07) is 20.9. The molecule has 0 saturated carbocycles. The van der Waals surface area contributed by atoms with Crippen LogP contribution in [0.1, 0.15) is 55.3 Å². The Morgan fingerprint density at radius 2 is 1.15 bits per heavy atom. The molecule has 4 aliphatic rings. The van der Waals surface area contributed by atoms with E-state index in [1.54, 1.807) is 74.5 Å². The molecule has 3 aromatic rings. The van der Waals surface area contributed by atoms with Gasteiger partial charge in [0.15, 0.2) is 24.3 Å². The van der Waals surface area contributed by atoms with Crippen LogP contribution in [0.15, 0.2) is 84.9 Å². The third-order valence-electron chi connectivity index (χ3n) is 9.98. The number of imide groups is 1. The molecule has 3 fully saturated rings. The van der Waals surface area contributed by atoms with E-state index in [9.17, 15) is 28.8 Å². The van der Waals surface area contributed by atoms with Crippen LogP contribution >= 0.6 is 39.1 Å². The first-order chi connectivity index (χ1) is 28.8. The molecule has 0 bridgehead atoms. The van der Waals surface area contributed by atoms with Crippen LogP contribution in [0.3, 0.4) is 0 Å². The number of ether oxygens (including phenoxy) is 9. The van der Waals surface area contributed by atoms with Crippen LogP contribution < -0.4 is 0 Å². The fraction of sp³-hybridized carbons (Fsp3) is 0.415. The van der Waals surface area contributed by atoms with Gasteiger partial charge in [-0.15, -0.1) is 23.2 Å². The lowest BCUT2D eigenvalue weighted by molar-refractivity contribution is -0.324. The third kappa shape index (κ3) is 9.23. The van der Waals surface area contributed by atoms with E-state index in [0.717, 1.165) is 4.90 Å². The molecule has 10 atom stereocenters. The zero-order valence-corrected chi connectivity index (χ0v) is 35.0. The van der Waals surface area contributed by atoms with Crippen molar-refractivity contribution in [2.75, 3.05) is 25.0 Å². The lowest BCUT2D eigenvalue weighted by Crippen LogP contribution is -2.68. The normalized spacial score (nSPS) is 29.2. The van der Waals surface area contributed by atoms with E-state index in [2.05, 4.69) is 15.9 Å². The average Bonchev–Trinajstić information content (AvgIpc) is 3.72.